The molecule has 144 valence electrons. The second kappa shape index (κ2) is 7.82. The number of hydrogen-bond donors (Lipinski definition) is 1. The third kappa shape index (κ3) is 3.61. The number of para-hydroxylation sites is 2. The molecule has 1 fully saturated rings. The number of nitrogens with one attached hydrogen (secondary N) is 1. The number of likely N-dealkylation sites (N-methyl/N-ethyl adjacent to an activating group) is 1. The number of carbonyl (C=O) groups is 1. The maximum atomic E-state index is 12.1. The molecule has 0 bridgehead atoms. The molecule has 4 rings (SSSR count). The smallest absolute Gasteiger partial charge is 0.339 e. The van der Waals surface area contributed by atoms with Gasteiger partial charge in [0.05, 0.1) is 23.9 Å². The lowest BCUT2D eigenvalue weighted by Gasteiger charge is -2.33. The first-order valence-corrected chi connectivity index (χ1v) is 9.30. The molecule has 1 N–H and O–H groups in total. The highest BCUT2D eigenvalue weighted by molar-refractivity contribution is 5.96. The van der Waals surface area contributed by atoms with Crippen LogP contribution in [0.4, 0.5) is 17.5 Å². The van der Waals surface area contributed by atoms with Gasteiger partial charge in [0.1, 0.15) is 5.82 Å². The molecule has 0 saturated carbocycles. The number of rotatable bonds is 4. The minimum absolute atomic E-state index is 0.400. The first-order chi connectivity index (χ1) is 13.7. The summed E-state index contributed by atoms with van der Waals surface area (Å²) in [4.78, 5) is 26.1. The quantitative estimate of drug-likeness (QED) is 0.701. The van der Waals surface area contributed by atoms with E-state index in [4.69, 9.17) is 9.72 Å². The molecule has 0 unspecified atom stereocenters. The Morgan fingerprint density at radius 1 is 1.00 bits per heavy atom. The van der Waals surface area contributed by atoms with Crippen molar-refractivity contribution in [2.24, 2.45) is 0 Å². The van der Waals surface area contributed by atoms with Gasteiger partial charge >= 0.3 is 5.97 Å². The van der Waals surface area contributed by atoms with Gasteiger partial charge < -0.3 is 19.9 Å². The van der Waals surface area contributed by atoms with Gasteiger partial charge in [0.15, 0.2) is 0 Å². The molecule has 1 aromatic heterocycles. The predicted octanol–water partition coefficient (Wildman–Crippen LogP) is 2.91. The lowest BCUT2D eigenvalue weighted by molar-refractivity contribution is 0.0602. The monoisotopic (exact) mass is 377 g/mol. The Morgan fingerprint density at radius 3 is 2.50 bits per heavy atom. The fourth-order valence-electron chi connectivity index (χ4n) is 3.38. The van der Waals surface area contributed by atoms with Crippen LogP contribution in [0.1, 0.15) is 10.4 Å². The Hall–Kier alpha value is -3.19. The second-order valence-electron chi connectivity index (χ2n) is 6.84. The zero-order chi connectivity index (χ0) is 19.5. The lowest BCUT2D eigenvalue weighted by Crippen LogP contribution is -2.45. The Balaban J connectivity index is 1.74. The molecule has 7 nitrogen and oxygen atoms in total. The average molecular weight is 377 g/mol. The highest BCUT2D eigenvalue weighted by Crippen LogP contribution is 2.28. The van der Waals surface area contributed by atoms with Gasteiger partial charge in [0, 0.05) is 31.6 Å². The van der Waals surface area contributed by atoms with Gasteiger partial charge in [-0.3, -0.25) is 0 Å². The van der Waals surface area contributed by atoms with Crippen molar-refractivity contribution >= 4 is 34.3 Å². The Morgan fingerprint density at radius 2 is 1.71 bits per heavy atom. The number of esters is 1. The molecule has 2 heterocycles. The van der Waals surface area contributed by atoms with E-state index in [0.717, 1.165) is 42.9 Å². The first kappa shape index (κ1) is 18.2. The summed E-state index contributed by atoms with van der Waals surface area (Å²) < 4.78 is 4.88. The van der Waals surface area contributed by atoms with Crippen LogP contribution in [-0.4, -0.2) is 61.2 Å². The number of anilines is 3. The molecular formula is C21H23N5O2. The summed E-state index contributed by atoms with van der Waals surface area (Å²) in [5, 5.41) is 4.23. The van der Waals surface area contributed by atoms with E-state index in [1.807, 2.05) is 30.3 Å². The van der Waals surface area contributed by atoms with Gasteiger partial charge in [0.2, 0.25) is 5.95 Å². The number of benzene rings is 2. The van der Waals surface area contributed by atoms with Crippen LogP contribution in [0.3, 0.4) is 0 Å². The van der Waals surface area contributed by atoms with Gasteiger partial charge in [-0.15, -0.1) is 0 Å². The van der Waals surface area contributed by atoms with Crippen molar-refractivity contribution in [3.05, 3.63) is 54.1 Å². The van der Waals surface area contributed by atoms with Crippen LogP contribution in [-0.2, 0) is 4.74 Å². The van der Waals surface area contributed by atoms with Crippen molar-refractivity contribution in [3.8, 4) is 0 Å². The van der Waals surface area contributed by atoms with E-state index in [1.165, 1.54) is 7.11 Å². The van der Waals surface area contributed by atoms with Gasteiger partial charge in [-0.1, -0.05) is 24.3 Å². The number of fused-ring (bicyclic) bond motifs is 1. The maximum Gasteiger partial charge on any atom is 0.339 e. The Labute approximate surface area is 164 Å². The van der Waals surface area contributed by atoms with Crippen LogP contribution < -0.4 is 10.2 Å². The number of aromatic nitrogens is 2. The zero-order valence-electron chi connectivity index (χ0n) is 16.1. The van der Waals surface area contributed by atoms with Crippen LogP contribution in [0.5, 0.6) is 0 Å². The summed E-state index contributed by atoms with van der Waals surface area (Å²) in [5.41, 5.74) is 1.93. The van der Waals surface area contributed by atoms with Gasteiger partial charge in [-0.25, -0.2) is 9.78 Å². The van der Waals surface area contributed by atoms with Crippen molar-refractivity contribution in [2.75, 3.05) is 50.6 Å². The molecule has 3 aromatic rings. The minimum Gasteiger partial charge on any atom is -0.465 e. The molecule has 1 saturated heterocycles. The minimum atomic E-state index is -0.400. The van der Waals surface area contributed by atoms with E-state index in [2.05, 4.69) is 33.2 Å². The number of piperazine rings is 1. The van der Waals surface area contributed by atoms with Gasteiger partial charge in [0.25, 0.3) is 0 Å². The summed E-state index contributed by atoms with van der Waals surface area (Å²) >= 11 is 0. The van der Waals surface area contributed by atoms with Crippen LogP contribution in [0.15, 0.2) is 48.5 Å². The normalized spacial score (nSPS) is 14.9. The second-order valence-corrected chi connectivity index (χ2v) is 6.84. The van der Waals surface area contributed by atoms with Crippen LogP contribution in [0.2, 0.25) is 0 Å². The van der Waals surface area contributed by atoms with E-state index in [1.54, 1.807) is 12.1 Å². The van der Waals surface area contributed by atoms with Crippen LogP contribution in [0, 0.1) is 0 Å². The Kier molecular flexibility index (Phi) is 5.08. The van der Waals surface area contributed by atoms with E-state index >= 15 is 0 Å². The van der Waals surface area contributed by atoms with Crippen molar-refractivity contribution in [3.63, 3.8) is 0 Å². The lowest BCUT2D eigenvalue weighted by atomic mass is 10.2. The molecule has 0 spiro atoms. The molecule has 0 atom stereocenters. The number of nitrogens with zero attached hydrogens (tertiary/aromatic N) is 4. The molecule has 1 aliphatic heterocycles. The van der Waals surface area contributed by atoms with Gasteiger partial charge in [-0.2, -0.15) is 4.98 Å². The molecule has 1 aliphatic rings. The van der Waals surface area contributed by atoms with E-state index < -0.39 is 5.97 Å². The molecular weight excluding hydrogens is 354 g/mol. The van der Waals surface area contributed by atoms with Crippen molar-refractivity contribution in [2.45, 2.75) is 0 Å². The summed E-state index contributed by atoms with van der Waals surface area (Å²) in [6, 6.07) is 15.2. The van der Waals surface area contributed by atoms with E-state index in [-0.39, 0.29) is 0 Å². The molecule has 28 heavy (non-hydrogen) atoms. The van der Waals surface area contributed by atoms with Crippen LogP contribution >= 0.6 is 0 Å². The molecule has 0 aliphatic carbocycles. The number of ether oxygens (including phenoxy) is 1. The first-order valence-electron chi connectivity index (χ1n) is 9.30. The topological polar surface area (TPSA) is 70.6 Å². The fraction of sp³-hybridized carbons (Fsp3) is 0.286. The molecule has 2 aromatic carbocycles. The fourth-order valence-corrected chi connectivity index (χ4v) is 3.38. The standard InChI is InChI=1S/C21H23N5O2/c1-25-11-13-26(14-12-25)19-15-7-3-5-9-17(15)22-21(24-19)23-18-10-6-4-8-16(18)20(27)28-2/h3-10H,11-14H2,1-2H3,(H,22,23,24). The predicted molar refractivity (Wildman–Crippen MR) is 110 cm³/mol. The summed E-state index contributed by atoms with van der Waals surface area (Å²) in [6.45, 7) is 3.81. The third-order valence-corrected chi connectivity index (χ3v) is 4.96. The van der Waals surface area contributed by atoms with Crippen molar-refractivity contribution in [1.82, 2.24) is 14.9 Å². The maximum absolute atomic E-state index is 12.1. The molecule has 0 amide bonds. The third-order valence-electron chi connectivity index (χ3n) is 4.96. The average Bonchev–Trinajstić information content (AvgIpc) is 2.73. The number of carbonyl (C=O) groups excluding carboxylic acids is 1. The molecule has 0 radical (unpaired) electrons. The Bertz CT molecular complexity index is 999. The van der Waals surface area contributed by atoms with Crippen LogP contribution in [0.25, 0.3) is 10.9 Å². The summed E-state index contributed by atoms with van der Waals surface area (Å²) in [7, 11) is 3.50. The highest BCUT2D eigenvalue weighted by atomic mass is 16.5. The van der Waals surface area contributed by atoms with E-state index in [9.17, 15) is 4.79 Å². The van der Waals surface area contributed by atoms with Crippen molar-refractivity contribution < 1.29 is 9.53 Å². The van der Waals surface area contributed by atoms with Gasteiger partial charge in [-0.05, 0) is 31.3 Å². The van der Waals surface area contributed by atoms with Crippen molar-refractivity contribution in [1.29, 1.82) is 0 Å². The largest absolute Gasteiger partial charge is 0.465 e. The SMILES string of the molecule is COC(=O)c1ccccc1Nc1nc(N2CCN(C)CC2)c2ccccc2n1. The number of hydrogen-bond acceptors (Lipinski definition) is 7. The zero-order valence-corrected chi connectivity index (χ0v) is 16.1. The molecule has 7 heteroatoms. The highest BCUT2D eigenvalue weighted by Gasteiger charge is 2.20. The number of methoxy groups -OCH3 is 1. The van der Waals surface area contributed by atoms with E-state index in [0.29, 0.717) is 17.2 Å². The summed E-state index contributed by atoms with van der Waals surface area (Å²) in [5.74, 6) is 0.976. The summed E-state index contributed by atoms with van der Waals surface area (Å²) in [6.07, 6.45) is 0.